The smallest absolute Gasteiger partial charge is 0.273 e. The maximum Gasteiger partial charge on any atom is 0.273 e. The predicted octanol–water partition coefficient (Wildman–Crippen LogP) is 2.26. The Bertz CT molecular complexity index is 529. The summed E-state index contributed by atoms with van der Waals surface area (Å²) in [5.41, 5.74) is 2.26. The van der Waals surface area contributed by atoms with Gasteiger partial charge in [-0.05, 0) is 19.9 Å². The van der Waals surface area contributed by atoms with Crippen LogP contribution in [0, 0.1) is 13.8 Å². The summed E-state index contributed by atoms with van der Waals surface area (Å²) in [5.74, 6) is 0.273. The first-order chi connectivity index (χ1) is 7.58. The number of halogens is 1. The number of hydrogen-bond acceptors (Lipinski definition) is 2. The molecule has 0 aliphatic heterocycles. The van der Waals surface area contributed by atoms with Crippen LogP contribution in [0.5, 0.6) is 0 Å². The van der Waals surface area contributed by atoms with Crippen LogP contribution in [0.3, 0.4) is 0 Å². The summed E-state index contributed by atoms with van der Waals surface area (Å²) in [6.45, 7) is 3.78. The predicted molar refractivity (Wildman–Crippen MR) is 61.8 cm³/mol. The zero-order valence-corrected chi connectivity index (χ0v) is 9.64. The fraction of sp³-hybridized carbons (Fsp3) is 0.200. The molecule has 6 heteroatoms. The number of anilines is 1. The van der Waals surface area contributed by atoms with Gasteiger partial charge in [-0.25, -0.2) is 0 Å². The molecule has 0 unspecified atom stereocenters. The number of nitrogens with zero attached hydrogens (tertiary/aromatic N) is 1. The molecule has 2 aromatic heterocycles. The minimum absolute atomic E-state index is 0.262. The molecule has 0 aliphatic carbocycles. The SMILES string of the molecule is Cc1[nH]nc(NC(=O)c2cc(Cl)c[nH]2)c1C. The largest absolute Gasteiger partial charge is 0.356 e. The molecule has 0 saturated heterocycles. The Kier molecular flexibility index (Phi) is 2.70. The van der Waals surface area contributed by atoms with Gasteiger partial charge in [-0.2, -0.15) is 5.10 Å². The van der Waals surface area contributed by atoms with E-state index < -0.39 is 0 Å². The molecule has 0 saturated carbocycles. The number of aryl methyl sites for hydroxylation is 1. The highest BCUT2D eigenvalue weighted by atomic mass is 35.5. The van der Waals surface area contributed by atoms with Gasteiger partial charge in [-0.3, -0.25) is 9.89 Å². The van der Waals surface area contributed by atoms with Crippen LogP contribution in [0.1, 0.15) is 21.7 Å². The second-order valence-corrected chi connectivity index (χ2v) is 3.94. The van der Waals surface area contributed by atoms with Crippen LogP contribution in [0.4, 0.5) is 5.82 Å². The van der Waals surface area contributed by atoms with Crippen molar-refractivity contribution in [2.75, 3.05) is 5.32 Å². The Morgan fingerprint density at radius 3 is 2.75 bits per heavy atom. The van der Waals surface area contributed by atoms with Crippen LogP contribution in [-0.4, -0.2) is 21.1 Å². The van der Waals surface area contributed by atoms with E-state index >= 15 is 0 Å². The van der Waals surface area contributed by atoms with Gasteiger partial charge in [0.1, 0.15) is 5.69 Å². The van der Waals surface area contributed by atoms with Gasteiger partial charge in [0.15, 0.2) is 5.82 Å². The van der Waals surface area contributed by atoms with Gasteiger partial charge in [0.25, 0.3) is 5.91 Å². The molecule has 84 valence electrons. The Labute approximate surface area is 97.2 Å². The minimum Gasteiger partial charge on any atom is -0.356 e. The van der Waals surface area contributed by atoms with Crippen molar-refractivity contribution < 1.29 is 4.79 Å². The van der Waals surface area contributed by atoms with Gasteiger partial charge in [0.05, 0.1) is 5.02 Å². The van der Waals surface area contributed by atoms with Crippen LogP contribution >= 0.6 is 11.6 Å². The molecular weight excluding hydrogens is 228 g/mol. The Hall–Kier alpha value is -1.75. The molecule has 0 fully saturated rings. The molecule has 1 amide bonds. The summed E-state index contributed by atoms with van der Waals surface area (Å²) < 4.78 is 0. The maximum absolute atomic E-state index is 11.7. The molecule has 3 N–H and O–H groups in total. The highest BCUT2D eigenvalue weighted by Crippen LogP contribution is 2.16. The highest BCUT2D eigenvalue weighted by molar-refractivity contribution is 6.31. The Balaban J connectivity index is 2.17. The number of H-pyrrole nitrogens is 2. The lowest BCUT2D eigenvalue weighted by molar-refractivity contribution is 0.102. The minimum atomic E-state index is -0.262. The summed E-state index contributed by atoms with van der Waals surface area (Å²) >= 11 is 5.71. The van der Waals surface area contributed by atoms with Crippen LogP contribution in [-0.2, 0) is 0 Å². The molecule has 0 aliphatic rings. The normalized spacial score (nSPS) is 10.4. The van der Waals surface area contributed by atoms with Crippen molar-refractivity contribution in [2.45, 2.75) is 13.8 Å². The lowest BCUT2D eigenvalue weighted by Crippen LogP contribution is -2.13. The molecule has 5 nitrogen and oxygen atoms in total. The van der Waals surface area contributed by atoms with E-state index in [2.05, 4.69) is 20.5 Å². The van der Waals surface area contributed by atoms with Crippen molar-refractivity contribution in [3.05, 3.63) is 34.2 Å². The van der Waals surface area contributed by atoms with E-state index in [1.54, 1.807) is 12.3 Å². The number of amides is 1. The number of nitrogens with one attached hydrogen (secondary N) is 3. The van der Waals surface area contributed by atoms with Gasteiger partial charge >= 0.3 is 0 Å². The van der Waals surface area contributed by atoms with Crippen LogP contribution in [0.2, 0.25) is 5.02 Å². The van der Waals surface area contributed by atoms with Crippen molar-refractivity contribution >= 4 is 23.3 Å². The summed E-state index contributed by atoms with van der Waals surface area (Å²) in [6, 6.07) is 1.56. The first-order valence-electron chi connectivity index (χ1n) is 4.75. The molecule has 2 rings (SSSR count). The summed E-state index contributed by atoms with van der Waals surface area (Å²) in [5, 5.41) is 9.97. The number of aromatic nitrogens is 3. The zero-order valence-electron chi connectivity index (χ0n) is 8.89. The standard InChI is InChI=1S/C10H11ClN4O/c1-5-6(2)14-15-9(5)13-10(16)8-3-7(11)4-12-8/h3-4,12H,1-2H3,(H2,13,14,15,16). The van der Waals surface area contributed by atoms with Gasteiger partial charge in [0.2, 0.25) is 0 Å². The van der Waals surface area contributed by atoms with Gasteiger partial charge < -0.3 is 10.3 Å². The summed E-state index contributed by atoms with van der Waals surface area (Å²) in [6.07, 6.45) is 1.55. The Morgan fingerprint density at radius 2 is 2.25 bits per heavy atom. The van der Waals surface area contributed by atoms with Crippen molar-refractivity contribution in [3.8, 4) is 0 Å². The molecule has 0 bridgehead atoms. The molecule has 0 spiro atoms. The summed E-state index contributed by atoms with van der Waals surface area (Å²) in [4.78, 5) is 14.5. The van der Waals surface area contributed by atoms with Crippen molar-refractivity contribution in [3.63, 3.8) is 0 Å². The van der Waals surface area contributed by atoms with Crippen LogP contribution < -0.4 is 5.32 Å². The topological polar surface area (TPSA) is 73.6 Å². The van der Waals surface area contributed by atoms with E-state index in [1.807, 2.05) is 13.8 Å². The van der Waals surface area contributed by atoms with E-state index in [0.29, 0.717) is 16.5 Å². The van der Waals surface area contributed by atoms with Gasteiger partial charge in [-0.1, -0.05) is 11.6 Å². The van der Waals surface area contributed by atoms with Gasteiger partial charge in [0, 0.05) is 17.5 Å². The maximum atomic E-state index is 11.7. The average molecular weight is 239 g/mol. The zero-order chi connectivity index (χ0) is 11.7. The van der Waals surface area contributed by atoms with Crippen molar-refractivity contribution in [1.82, 2.24) is 15.2 Å². The molecular formula is C10H11ClN4O. The van der Waals surface area contributed by atoms with Gasteiger partial charge in [-0.15, -0.1) is 0 Å². The second kappa shape index (κ2) is 4.02. The average Bonchev–Trinajstić information content (AvgIpc) is 2.79. The third-order valence-electron chi connectivity index (χ3n) is 2.38. The molecule has 0 atom stereocenters. The van der Waals surface area contributed by atoms with E-state index in [0.717, 1.165) is 11.3 Å². The fourth-order valence-electron chi connectivity index (χ4n) is 1.28. The van der Waals surface area contributed by atoms with E-state index in [-0.39, 0.29) is 5.91 Å². The Morgan fingerprint density at radius 1 is 1.50 bits per heavy atom. The van der Waals surface area contributed by atoms with E-state index in [9.17, 15) is 4.79 Å². The number of aromatic amines is 2. The lowest BCUT2D eigenvalue weighted by atomic mass is 10.3. The summed E-state index contributed by atoms with van der Waals surface area (Å²) in [7, 11) is 0. The molecule has 0 radical (unpaired) electrons. The molecule has 2 heterocycles. The second-order valence-electron chi connectivity index (χ2n) is 3.51. The lowest BCUT2D eigenvalue weighted by Gasteiger charge is -2.00. The number of carbonyl (C=O) groups is 1. The quantitative estimate of drug-likeness (QED) is 0.751. The number of rotatable bonds is 2. The molecule has 2 aromatic rings. The van der Waals surface area contributed by atoms with Crippen LogP contribution in [0.15, 0.2) is 12.3 Å². The third kappa shape index (κ3) is 1.94. The fourth-order valence-corrected chi connectivity index (χ4v) is 1.44. The first kappa shape index (κ1) is 10.8. The molecule has 0 aromatic carbocycles. The van der Waals surface area contributed by atoms with Crippen molar-refractivity contribution in [1.29, 1.82) is 0 Å². The highest BCUT2D eigenvalue weighted by Gasteiger charge is 2.12. The van der Waals surface area contributed by atoms with Crippen molar-refractivity contribution in [2.24, 2.45) is 0 Å². The number of carbonyl (C=O) groups excluding carboxylic acids is 1. The third-order valence-corrected chi connectivity index (χ3v) is 2.60. The number of hydrogen-bond donors (Lipinski definition) is 3. The van der Waals surface area contributed by atoms with E-state index in [1.165, 1.54) is 0 Å². The molecule has 16 heavy (non-hydrogen) atoms. The van der Waals surface area contributed by atoms with Crippen LogP contribution in [0.25, 0.3) is 0 Å². The van der Waals surface area contributed by atoms with E-state index in [4.69, 9.17) is 11.6 Å². The monoisotopic (exact) mass is 238 g/mol. The first-order valence-corrected chi connectivity index (χ1v) is 5.12.